The number of allylic oxidation sites excluding steroid dienone is 1. The largest absolute Gasteiger partial charge is 0.306 e. The molecule has 6 nitrogen and oxygen atoms in total. The Balaban J connectivity index is 1.79. The molecule has 0 radical (unpaired) electrons. The molecule has 24 heavy (non-hydrogen) atoms. The molecule has 3 aromatic heterocycles. The number of nitrogens with one attached hydrogen (secondary N) is 1. The van der Waals surface area contributed by atoms with Gasteiger partial charge in [-0.05, 0) is 30.7 Å². The number of amides is 1. The lowest BCUT2D eigenvalue weighted by Crippen LogP contribution is -2.12. The van der Waals surface area contributed by atoms with E-state index in [2.05, 4.69) is 25.3 Å². The van der Waals surface area contributed by atoms with E-state index in [4.69, 9.17) is 0 Å². The van der Waals surface area contributed by atoms with Crippen LogP contribution in [0.1, 0.15) is 6.42 Å². The lowest BCUT2D eigenvalue weighted by Gasteiger charge is -2.10. The molecule has 0 bridgehead atoms. The van der Waals surface area contributed by atoms with Crippen molar-refractivity contribution in [1.29, 1.82) is 0 Å². The Morgan fingerprint density at radius 1 is 0.917 bits per heavy atom. The van der Waals surface area contributed by atoms with Crippen molar-refractivity contribution >= 4 is 11.7 Å². The molecule has 0 atom stereocenters. The Labute approximate surface area is 138 Å². The molecular formula is C18H13N5O. The van der Waals surface area contributed by atoms with Gasteiger partial charge in [0.15, 0.2) is 5.82 Å². The molecule has 4 rings (SSSR count). The number of pyridine rings is 2. The molecular weight excluding hydrogens is 302 g/mol. The third kappa shape index (κ3) is 2.89. The fourth-order valence-electron chi connectivity index (χ4n) is 2.31. The average Bonchev–Trinajstić information content (AvgIpc) is 3.48. The molecule has 1 aliphatic carbocycles. The van der Waals surface area contributed by atoms with Gasteiger partial charge in [-0.15, -0.1) is 0 Å². The highest BCUT2D eigenvalue weighted by Gasteiger charge is 2.19. The summed E-state index contributed by atoms with van der Waals surface area (Å²) in [5.41, 5.74) is 3.98. The molecule has 3 aromatic rings. The number of aromatic nitrogens is 4. The van der Waals surface area contributed by atoms with Crippen molar-refractivity contribution in [3.8, 4) is 22.5 Å². The van der Waals surface area contributed by atoms with Gasteiger partial charge >= 0.3 is 0 Å². The fraction of sp³-hybridized carbons (Fsp3) is 0.0556. The van der Waals surface area contributed by atoms with Crippen LogP contribution < -0.4 is 5.32 Å². The summed E-state index contributed by atoms with van der Waals surface area (Å²) in [5.74, 6) is 0.305. The van der Waals surface area contributed by atoms with Crippen LogP contribution in [0.5, 0.6) is 0 Å². The highest BCUT2D eigenvalue weighted by molar-refractivity contribution is 6.06. The van der Waals surface area contributed by atoms with E-state index in [1.165, 1.54) is 0 Å². The van der Waals surface area contributed by atoms with E-state index in [9.17, 15) is 4.79 Å². The fourth-order valence-corrected chi connectivity index (χ4v) is 2.31. The summed E-state index contributed by atoms with van der Waals surface area (Å²) in [6, 6.07) is 7.48. The molecule has 0 unspecified atom stereocenters. The first-order valence-electron chi connectivity index (χ1n) is 7.49. The van der Waals surface area contributed by atoms with E-state index in [-0.39, 0.29) is 5.91 Å². The highest BCUT2D eigenvalue weighted by atomic mass is 16.1. The lowest BCUT2D eigenvalue weighted by molar-refractivity contribution is -0.112. The van der Waals surface area contributed by atoms with Crippen molar-refractivity contribution in [3.63, 3.8) is 0 Å². The first-order chi connectivity index (χ1) is 11.8. The quantitative estimate of drug-likeness (QED) is 0.800. The van der Waals surface area contributed by atoms with E-state index in [1.54, 1.807) is 31.0 Å². The molecule has 0 fully saturated rings. The van der Waals surface area contributed by atoms with Crippen LogP contribution in [0.4, 0.5) is 5.82 Å². The van der Waals surface area contributed by atoms with Gasteiger partial charge in [-0.25, -0.2) is 4.98 Å². The molecule has 0 aliphatic heterocycles. The predicted molar refractivity (Wildman–Crippen MR) is 89.8 cm³/mol. The molecule has 0 saturated carbocycles. The zero-order chi connectivity index (χ0) is 16.4. The molecule has 1 aliphatic rings. The van der Waals surface area contributed by atoms with E-state index >= 15 is 0 Å². The minimum Gasteiger partial charge on any atom is -0.306 e. The van der Waals surface area contributed by atoms with Crippen LogP contribution in [-0.4, -0.2) is 25.8 Å². The second-order valence-electron chi connectivity index (χ2n) is 5.31. The zero-order valence-electron chi connectivity index (χ0n) is 12.7. The summed E-state index contributed by atoms with van der Waals surface area (Å²) in [6.45, 7) is 0. The first kappa shape index (κ1) is 14.2. The third-order valence-corrected chi connectivity index (χ3v) is 3.62. The van der Waals surface area contributed by atoms with Crippen LogP contribution in [-0.2, 0) is 4.79 Å². The second-order valence-corrected chi connectivity index (χ2v) is 5.31. The van der Waals surface area contributed by atoms with Crippen LogP contribution in [0.2, 0.25) is 0 Å². The van der Waals surface area contributed by atoms with E-state index in [1.807, 2.05) is 30.3 Å². The Morgan fingerprint density at radius 3 is 2.08 bits per heavy atom. The van der Waals surface area contributed by atoms with Crippen molar-refractivity contribution in [2.75, 3.05) is 5.32 Å². The summed E-state index contributed by atoms with van der Waals surface area (Å²) in [4.78, 5) is 29.1. The Morgan fingerprint density at radius 2 is 1.50 bits per heavy atom. The third-order valence-electron chi connectivity index (χ3n) is 3.62. The zero-order valence-corrected chi connectivity index (χ0v) is 12.7. The number of hydrogen-bond donors (Lipinski definition) is 1. The molecule has 3 heterocycles. The molecule has 0 spiro atoms. The Hall–Kier alpha value is -3.41. The van der Waals surface area contributed by atoms with Crippen LogP contribution >= 0.6 is 0 Å². The number of anilines is 1. The van der Waals surface area contributed by atoms with Crippen LogP contribution in [0.25, 0.3) is 22.5 Å². The van der Waals surface area contributed by atoms with Crippen molar-refractivity contribution in [3.05, 3.63) is 66.9 Å². The van der Waals surface area contributed by atoms with Crippen LogP contribution in [0, 0.1) is 0 Å². The summed E-state index contributed by atoms with van der Waals surface area (Å²) in [6.07, 6.45) is 11.0. The number of hydrogen-bond acceptors (Lipinski definition) is 5. The maximum atomic E-state index is 11.9. The Bertz CT molecular complexity index is 923. The van der Waals surface area contributed by atoms with Crippen molar-refractivity contribution in [2.24, 2.45) is 0 Å². The normalized spacial score (nSPS) is 12.4. The smallest absolute Gasteiger partial charge is 0.252 e. The van der Waals surface area contributed by atoms with Gasteiger partial charge in [0, 0.05) is 41.5 Å². The molecule has 1 N–H and O–H groups in total. The molecule has 116 valence electrons. The van der Waals surface area contributed by atoms with Gasteiger partial charge in [0.2, 0.25) is 0 Å². The predicted octanol–water partition coefficient (Wildman–Crippen LogP) is 2.87. The number of carbonyl (C=O) groups is 1. The van der Waals surface area contributed by atoms with Gasteiger partial charge in [-0.2, -0.15) is 0 Å². The average molecular weight is 315 g/mol. The number of rotatable bonds is 4. The monoisotopic (exact) mass is 315 g/mol. The molecule has 6 heteroatoms. The van der Waals surface area contributed by atoms with Gasteiger partial charge in [0.05, 0.1) is 17.6 Å². The number of nitrogens with zero attached hydrogens (tertiary/aromatic N) is 4. The van der Waals surface area contributed by atoms with Gasteiger partial charge in [0.1, 0.15) is 0 Å². The van der Waals surface area contributed by atoms with Gasteiger partial charge in [-0.3, -0.25) is 19.7 Å². The minimum atomic E-state index is -0.123. The van der Waals surface area contributed by atoms with Crippen molar-refractivity contribution < 1.29 is 4.79 Å². The van der Waals surface area contributed by atoms with E-state index in [0.29, 0.717) is 11.5 Å². The van der Waals surface area contributed by atoms with Crippen molar-refractivity contribution in [1.82, 2.24) is 19.9 Å². The standard InChI is InChI=1S/C18H13N5O/c24-18(14-1-2-14)23-15-11-21-16(12-3-7-19-8-4-12)17(22-15)13-5-9-20-10-6-13/h1,3-11H,2H2,(H,22,23,24). The lowest BCUT2D eigenvalue weighted by atomic mass is 10.1. The maximum Gasteiger partial charge on any atom is 0.252 e. The first-order valence-corrected chi connectivity index (χ1v) is 7.49. The van der Waals surface area contributed by atoms with Crippen LogP contribution in [0.15, 0.2) is 66.9 Å². The highest BCUT2D eigenvalue weighted by Crippen LogP contribution is 2.29. The SMILES string of the molecule is O=C(Nc1cnc(-c2ccncc2)c(-c2ccncc2)n1)C1=CC1. The van der Waals surface area contributed by atoms with E-state index in [0.717, 1.165) is 28.8 Å². The Kier molecular flexibility index (Phi) is 3.55. The summed E-state index contributed by atoms with van der Waals surface area (Å²) in [7, 11) is 0. The molecule has 1 amide bonds. The topological polar surface area (TPSA) is 80.7 Å². The summed E-state index contributed by atoms with van der Waals surface area (Å²) >= 11 is 0. The van der Waals surface area contributed by atoms with Crippen LogP contribution in [0.3, 0.4) is 0 Å². The number of carbonyl (C=O) groups excluding carboxylic acids is 1. The summed E-state index contributed by atoms with van der Waals surface area (Å²) in [5, 5.41) is 2.78. The summed E-state index contributed by atoms with van der Waals surface area (Å²) < 4.78 is 0. The van der Waals surface area contributed by atoms with Gasteiger partial charge < -0.3 is 5.32 Å². The minimum absolute atomic E-state index is 0.123. The maximum absolute atomic E-state index is 11.9. The molecule has 0 aromatic carbocycles. The van der Waals surface area contributed by atoms with E-state index < -0.39 is 0 Å². The molecule has 0 saturated heterocycles. The van der Waals surface area contributed by atoms with Crippen molar-refractivity contribution in [2.45, 2.75) is 6.42 Å². The van der Waals surface area contributed by atoms with Gasteiger partial charge in [0.25, 0.3) is 5.91 Å². The van der Waals surface area contributed by atoms with Gasteiger partial charge in [-0.1, -0.05) is 6.08 Å². The second kappa shape index (κ2) is 6.00.